The number of amides is 2. The van der Waals surface area contributed by atoms with E-state index >= 15 is 0 Å². The molecule has 0 aliphatic rings. The van der Waals surface area contributed by atoms with Gasteiger partial charge in [0.1, 0.15) is 5.82 Å². The molecule has 0 saturated carbocycles. The summed E-state index contributed by atoms with van der Waals surface area (Å²) in [5.41, 5.74) is 6.19. The summed E-state index contributed by atoms with van der Waals surface area (Å²) in [6.07, 6.45) is 0.812. The lowest BCUT2D eigenvalue weighted by atomic mass is 10.2. The lowest BCUT2D eigenvalue weighted by molar-refractivity contribution is -0.123. The summed E-state index contributed by atoms with van der Waals surface area (Å²) in [4.78, 5) is 25.1. The number of hydrogen-bond donors (Lipinski definition) is 3. The fraction of sp³-hybridized carbons (Fsp3) is 0.429. The minimum Gasteiger partial charge on any atom is -0.397 e. The molecular formula is C14H21FN4O2. The molecule has 0 radical (unpaired) electrons. The number of hydrogen-bond acceptors (Lipinski definition) is 4. The van der Waals surface area contributed by atoms with Gasteiger partial charge in [0, 0.05) is 7.05 Å². The molecule has 0 unspecified atom stereocenters. The van der Waals surface area contributed by atoms with E-state index in [1.165, 1.54) is 12.1 Å². The third kappa shape index (κ3) is 5.78. The molecule has 1 rings (SSSR count). The number of anilines is 2. The minimum atomic E-state index is -0.477. The lowest BCUT2D eigenvalue weighted by Gasteiger charge is -2.20. The highest BCUT2D eigenvalue weighted by atomic mass is 19.1. The van der Waals surface area contributed by atoms with Crippen LogP contribution in [-0.4, -0.2) is 43.4 Å². The first-order chi connectivity index (χ1) is 9.96. The second-order valence-electron chi connectivity index (χ2n) is 4.66. The Bertz CT molecular complexity index is 508. The van der Waals surface area contributed by atoms with Crippen molar-refractivity contribution in [3.63, 3.8) is 0 Å². The van der Waals surface area contributed by atoms with Crippen molar-refractivity contribution >= 4 is 23.2 Å². The smallest absolute Gasteiger partial charge is 0.238 e. The Kier molecular flexibility index (Phi) is 6.61. The first kappa shape index (κ1) is 16.9. The van der Waals surface area contributed by atoms with Crippen molar-refractivity contribution in [2.24, 2.45) is 0 Å². The van der Waals surface area contributed by atoms with Crippen LogP contribution in [0.5, 0.6) is 0 Å². The van der Waals surface area contributed by atoms with Gasteiger partial charge in [-0.05, 0) is 31.2 Å². The van der Waals surface area contributed by atoms with Crippen molar-refractivity contribution in [2.75, 3.05) is 37.7 Å². The summed E-state index contributed by atoms with van der Waals surface area (Å²) in [6.45, 7) is 2.74. The van der Waals surface area contributed by atoms with Crippen molar-refractivity contribution in [2.45, 2.75) is 13.3 Å². The van der Waals surface area contributed by atoms with Gasteiger partial charge in [0.05, 0.1) is 24.5 Å². The van der Waals surface area contributed by atoms with Gasteiger partial charge >= 0.3 is 0 Å². The Morgan fingerprint density at radius 3 is 2.57 bits per heavy atom. The summed E-state index contributed by atoms with van der Waals surface area (Å²) in [7, 11) is 1.54. The van der Waals surface area contributed by atoms with Crippen LogP contribution in [0.2, 0.25) is 0 Å². The van der Waals surface area contributed by atoms with E-state index < -0.39 is 5.82 Å². The number of likely N-dealkylation sites (N-methyl/N-ethyl adjacent to an activating group) is 1. The van der Waals surface area contributed by atoms with Crippen LogP contribution in [0, 0.1) is 5.82 Å². The van der Waals surface area contributed by atoms with Gasteiger partial charge in [0.15, 0.2) is 0 Å². The Labute approximate surface area is 123 Å². The molecule has 0 aliphatic carbocycles. The molecule has 0 spiro atoms. The molecule has 0 fully saturated rings. The fourth-order valence-corrected chi connectivity index (χ4v) is 1.84. The number of rotatable bonds is 7. The lowest BCUT2D eigenvalue weighted by Crippen LogP contribution is -2.40. The third-order valence-corrected chi connectivity index (χ3v) is 2.84. The molecule has 2 amide bonds. The molecule has 6 nitrogen and oxygen atoms in total. The highest BCUT2D eigenvalue weighted by Crippen LogP contribution is 2.19. The van der Waals surface area contributed by atoms with E-state index in [2.05, 4.69) is 10.6 Å². The maximum atomic E-state index is 13.1. The van der Waals surface area contributed by atoms with E-state index in [9.17, 15) is 14.0 Å². The van der Waals surface area contributed by atoms with Crippen LogP contribution in [-0.2, 0) is 9.59 Å². The average molecular weight is 296 g/mol. The molecule has 0 saturated heterocycles. The summed E-state index contributed by atoms with van der Waals surface area (Å²) in [5.74, 6) is -0.985. The predicted octanol–water partition coefficient (Wildman–Crippen LogP) is 0.804. The highest BCUT2D eigenvalue weighted by molar-refractivity contribution is 5.95. The summed E-state index contributed by atoms with van der Waals surface area (Å²) >= 11 is 0. The SMILES string of the molecule is CCCN(CC(=O)NC)CC(=O)Nc1cc(F)ccc1N. The molecule has 0 aliphatic heterocycles. The van der Waals surface area contributed by atoms with Gasteiger partial charge in [-0.1, -0.05) is 6.92 Å². The molecule has 116 valence electrons. The number of benzene rings is 1. The third-order valence-electron chi connectivity index (χ3n) is 2.84. The van der Waals surface area contributed by atoms with Gasteiger partial charge in [0.25, 0.3) is 0 Å². The van der Waals surface area contributed by atoms with Crippen LogP contribution < -0.4 is 16.4 Å². The molecule has 7 heteroatoms. The van der Waals surface area contributed by atoms with Crippen LogP contribution in [0.15, 0.2) is 18.2 Å². The molecule has 21 heavy (non-hydrogen) atoms. The molecular weight excluding hydrogens is 275 g/mol. The normalized spacial score (nSPS) is 10.5. The average Bonchev–Trinajstić information content (AvgIpc) is 2.42. The number of carbonyl (C=O) groups excluding carboxylic acids is 2. The zero-order valence-corrected chi connectivity index (χ0v) is 12.3. The van der Waals surface area contributed by atoms with E-state index in [0.29, 0.717) is 6.54 Å². The topological polar surface area (TPSA) is 87.5 Å². The Balaban J connectivity index is 2.64. The van der Waals surface area contributed by atoms with Crippen LogP contribution in [0.1, 0.15) is 13.3 Å². The number of halogens is 1. The van der Waals surface area contributed by atoms with E-state index in [-0.39, 0.29) is 36.3 Å². The Morgan fingerprint density at radius 1 is 1.29 bits per heavy atom. The first-order valence-electron chi connectivity index (χ1n) is 6.74. The fourth-order valence-electron chi connectivity index (χ4n) is 1.84. The van der Waals surface area contributed by atoms with Gasteiger partial charge in [0.2, 0.25) is 11.8 Å². The maximum Gasteiger partial charge on any atom is 0.238 e. The standard InChI is InChI=1S/C14H21FN4O2/c1-3-6-19(8-13(20)17-2)9-14(21)18-12-7-10(15)4-5-11(12)16/h4-5,7H,3,6,8-9,16H2,1-2H3,(H,17,20)(H,18,21). The molecule has 0 heterocycles. The largest absolute Gasteiger partial charge is 0.397 e. The van der Waals surface area contributed by atoms with Crippen molar-refractivity contribution in [1.29, 1.82) is 0 Å². The number of nitrogen functional groups attached to an aromatic ring is 1. The Morgan fingerprint density at radius 2 is 1.95 bits per heavy atom. The quantitative estimate of drug-likeness (QED) is 0.650. The maximum absolute atomic E-state index is 13.1. The highest BCUT2D eigenvalue weighted by Gasteiger charge is 2.14. The Hall–Kier alpha value is -2.15. The number of nitrogens with one attached hydrogen (secondary N) is 2. The van der Waals surface area contributed by atoms with Crippen molar-refractivity contribution in [1.82, 2.24) is 10.2 Å². The zero-order chi connectivity index (χ0) is 15.8. The van der Waals surface area contributed by atoms with E-state index in [4.69, 9.17) is 5.73 Å². The van der Waals surface area contributed by atoms with E-state index in [0.717, 1.165) is 12.5 Å². The monoisotopic (exact) mass is 296 g/mol. The van der Waals surface area contributed by atoms with Gasteiger partial charge in [-0.25, -0.2) is 4.39 Å². The van der Waals surface area contributed by atoms with Crippen molar-refractivity contribution < 1.29 is 14.0 Å². The summed E-state index contributed by atoms with van der Waals surface area (Å²) < 4.78 is 13.1. The molecule has 0 bridgehead atoms. The molecule has 1 aromatic carbocycles. The van der Waals surface area contributed by atoms with Crippen molar-refractivity contribution in [3.8, 4) is 0 Å². The first-order valence-corrected chi connectivity index (χ1v) is 6.74. The van der Waals surface area contributed by atoms with E-state index in [1.807, 2.05) is 6.92 Å². The van der Waals surface area contributed by atoms with Crippen LogP contribution in [0.25, 0.3) is 0 Å². The van der Waals surface area contributed by atoms with Gasteiger partial charge in [-0.3, -0.25) is 14.5 Å². The van der Waals surface area contributed by atoms with Gasteiger partial charge in [-0.2, -0.15) is 0 Å². The summed E-state index contributed by atoms with van der Waals surface area (Å²) in [5, 5.41) is 5.07. The van der Waals surface area contributed by atoms with Crippen LogP contribution in [0.4, 0.5) is 15.8 Å². The second kappa shape index (κ2) is 8.21. The zero-order valence-electron chi connectivity index (χ0n) is 12.3. The number of carbonyl (C=O) groups is 2. The predicted molar refractivity (Wildman–Crippen MR) is 80.2 cm³/mol. The number of nitrogens with zero attached hydrogens (tertiary/aromatic N) is 1. The van der Waals surface area contributed by atoms with Gasteiger partial charge in [-0.15, -0.1) is 0 Å². The molecule has 0 aromatic heterocycles. The summed E-state index contributed by atoms with van der Waals surface area (Å²) in [6, 6.07) is 3.77. The van der Waals surface area contributed by atoms with Gasteiger partial charge < -0.3 is 16.4 Å². The van der Waals surface area contributed by atoms with Crippen LogP contribution >= 0.6 is 0 Å². The second-order valence-corrected chi connectivity index (χ2v) is 4.66. The molecule has 1 aromatic rings. The minimum absolute atomic E-state index is 0.0389. The number of nitrogens with two attached hydrogens (primary N) is 1. The molecule has 0 atom stereocenters. The van der Waals surface area contributed by atoms with Crippen LogP contribution in [0.3, 0.4) is 0 Å². The van der Waals surface area contributed by atoms with Crippen molar-refractivity contribution in [3.05, 3.63) is 24.0 Å². The van der Waals surface area contributed by atoms with E-state index in [1.54, 1.807) is 11.9 Å². The molecule has 4 N–H and O–H groups in total.